The maximum atomic E-state index is 12.3. The van der Waals surface area contributed by atoms with E-state index in [-0.39, 0.29) is 11.8 Å². The van der Waals surface area contributed by atoms with E-state index in [0.29, 0.717) is 12.5 Å². The first-order chi connectivity index (χ1) is 11.8. The maximum Gasteiger partial charge on any atom is 0.223 e. The van der Waals surface area contributed by atoms with Gasteiger partial charge in [0.25, 0.3) is 0 Å². The third-order valence-electron chi connectivity index (χ3n) is 4.92. The summed E-state index contributed by atoms with van der Waals surface area (Å²) < 4.78 is 10.7. The number of nitrogens with one attached hydrogen (secondary N) is 1. The fourth-order valence-corrected chi connectivity index (χ4v) is 3.27. The van der Waals surface area contributed by atoms with Crippen LogP contribution in [0.3, 0.4) is 0 Å². The summed E-state index contributed by atoms with van der Waals surface area (Å²) in [6.45, 7) is 3.13. The summed E-state index contributed by atoms with van der Waals surface area (Å²) in [7, 11) is 0. The molecule has 0 unspecified atom stereocenters. The topological polar surface area (TPSA) is 71.5 Å². The monoisotopic (exact) mass is 329 g/mol. The molecule has 24 heavy (non-hydrogen) atoms. The highest BCUT2D eigenvalue weighted by atomic mass is 16.5. The molecule has 1 N–H and O–H groups in total. The van der Waals surface area contributed by atoms with Crippen LogP contribution in [0, 0.1) is 5.92 Å². The fraction of sp³-hybridized carbons (Fsp3) is 0.556. The van der Waals surface area contributed by atoms with Crippen molar-refractivity contribution in [3.8, 4) is 0 Å². The molecule has 0 atom stereocenters. The number of carbonyl (C=O) groups is 1. The van der Waals surface area contributed by atoms with Gasteiger partial charge in [0.15, 0.2) is 0 Å². The Morgan fingerprint density at radius 2 is 2.12 bits per heavy atom. The number of piperidine rings is 1. The number of aromatic nitrogens is 1. The first-order valence-electron chi connectivity index (χ1n) is 8.76. The zero-order chi connectivity index (χ0) is 16.4. The predicted octanol–water partition coefficient (Wildman–Crippen LogP) is 2.67. The third kappa shape index (κ3) is 3.70. The molecule has 3 heterocycles. The first kappa shape index (κ1) is 15.4. The minimum atomic E-state index is 0.0904. The van der Waals surface area contributed by atoms with Gasteiger partial charge in [-0.3, -0.25) is 9.69 Å². The number of nitrogens with zero attached hydrogens (tertiary/aromatic N) is 2. The van der Waals surface area contributed by atoms with Crippen molar-refractivity contribution in [3.05, 3.63) is 41.7 Å². The van der Waals surface area contributed by atoms with Gasteiger partial charge in [-0.15, -0.1) is 0 Å². The lowest BCUT2D eigenvalue weighted by Gasteiger charge is -2.30. The maximum absolute atomic E-state index is 12.3. The van der Waals surface area contributed by atoms with Crippen LogP contribution >= 0.6 is 0 Å². The Morgan fingerprint density at radius 1 is 1.29 bits per heavy atom. The van der Waals surface area contributed by atoms with Crippen molar-refractivity contribution in [2.75, 3.05) is 13.1 Å². The van der Waals surface area contributed by atoms with E-state index in [0.717, 1.165) is 49.7 Å². The van der Waals surface area contributed by atoms with Crippen LogP contribution in [0.5, 0.6) is 0 Å². The van der Waals surface area contributed by atoms with Gasteiger partial charge in [-0.05, 0) is 50.9 Å². The van der Waals surface area contributed by atoms with Gasteiger partial charge in [-0.2, -0.15) is 0 Å². The Kier molecular flexibility index (Phi) is 4.38. The van der Waals surface area contributed by atoms with Gasteiger partial charge in [0, 0.05) is 17.9 Å². The quantitative estimate of drug-likeness (QED) is 0.882. The largest absolute Gasteiger partial charge is 0.468 e. The fourth-order valence-electron chi connectivity index (χ4n) is 3.27. The van der Waals surface area contributed by atoms with E-state index in [1.165, 1.54) is 12.8 Å². The van der Waals surface area contributed by atoms with Crippen LogP contribution in [-0.4, -0.2) is 29.1 Å². The second-order valence-corrected chi connectivity index (χ2v) is 6.84. The second kappa shape index (κ2) is 6.81. The molecule has 6 nitrogen and oxygen atoms in total. The molecule has 1 amide bonds. The standard InChI is InChI=1S/C18H23N3O3/c22-18(19-11-15-10-17(24-20-15)13-3-4-13)14-5-7-21(8-6-14)12-16-2-1-9-23-16/h1-2,9-10,13-14H,3-8,11-12H2,(H,19,22). The summed E-state index contributed by atoms with van der Waals surface area (Å²) >= 11 is 0. The van der Waals surface area contributed by atoms with Crippen LogP contribution in [0.2, 0.25) is 0 Å². The number of amides is 1. The number of carbonyl (C=O) groups excluding carboxylic acids is 1. The van der Waals surface area contributed by atoms with E-state index < -0.39 is 0 Å². The third-order valence-corrected chi connectivity index (χ3v) is 4.92. The Bertz CT molecular complexity index is 668. The van der Waals surface area contributed by atoms with Gasteiger partial charge in [0.1, 0.15) is 17.2 Å². The molecule has 0 aromatic carbocycles. The van der Waals surface area contributed by atoms with Gasteiger partial charge >= 0.3 is 0 Å². The minimum absolute atomic E-state index is 0.0904. The van der Waals surface area contributed by atoms with Crippen molar-refractivity contribution in [3.63, 3.8) is 0 Å². The second-order valence-electron chi connectivity index (χ2n) is 6.84. The van der Waals surface area contributed by atoms with Gasteiger partial charge in [-0.25, -0.2) is 0 Å². The molecular weight excluding hydrogens is 306 g/mol. The molecule has 0 radical (unpaired) electrons. The molecule has 2 aliphatic rings. The van der Waals surface area contributed by atoms with Gasteiger partial charge in [-0.1, -0.05) is 5.16 Å². The van der Waals surface area contributed by atoms with Crippen LogP contribution in [0.4, 0.5) is 0 Å². The summed E-state index contributed by atoms with van der Waals surface area (Å²) in [5.41, 5.74) is 0.820. The summed E-state index contributed by atoms with van der Waals surface area (Å²) in [6, 6.07) is 5.88. The predicted molar refractivity (Wildman–Crippen MR) is 87.0 cm³/mol. The van der Waals surface area contributed by atoms with E-state index in [4.69, 9.17) is 8.94 Å². The van der Waals surface area contributed by atoms with E-state index in [1.807, 2.05) is 18.2 Å². The smallest absolute Gasteiger partial charge is 0.223 e. The van der Waals surface area contributed by atoms with Crippen molar-refractivity contribution >= 4 is 5.91 Å². The summed E-state index contributed by atoms with van der Waals surface area (Å²) in [4.78, 5) is 14.7. The number of hydrogen-bond acceptors (Lipinski definition) is 5. The van der Waals surface area contributed by atoms with Crippen LogP contribution in [0.15, 0.2) is 33.4 Å². The van der Waals surface area contributed by atoms with Crippen LogP contribution in [-0.2, 0) is 17.9 Å². The Labute approximate surface area is 141 Å². The average molecular weight is 329 g/mol. The minimum Gasteiger partial charge on any atom is -0.468 e. The molecule has 2 aromatic rings. The molecule has 2 fully saturated rings. The molecule has 6 heteroatoms. The van der Waals surface area contributed by atoms with Crippen molar-refractivity contribution in [1.29, 1.82) is 0 Å². The SMILES string of the molecule is O=C(NCc1cc(C2CC2)on1)C1CCN(Cc2ccco2)CC1. The molecule has 128 valence electrons. The Balaban J connectivity index is 1.21. The number of furan rings is 1. The van der Waals surface area contributed by atoms with E-state index in [2.05, 4.69) is 15.4 Å². The lowest BCUT2D eigenvalue weighted by Crippen LogP contribution is -2.40. The molecule has 1 aliphatic heterocycles. The van der Waals surface area contributed by atoms with Crippen LogP contribution < -0.4 is 5.32 Å². The first-order valence-corrected chi connectivity index (χ1v) is 8.76. The summed E-state index contributed by atoms with van der Waals surface area (Å²) in [5, 5.41) is 7.04. The zero-order valence-corrected chi connectivity index (χ0v) is 13.7. The zero-order valence-electron chi connectivity index (χ0n) is 13.7. The van der Waals surface area contributed by atoms with Gasteiger partial charge < -0.3 is 14.3 Å². The van der Waals surface area contributed by atoms with Gasteiger partial charge in [0.05, 0.1) is 19.4 Å². The number of rotatable bonds is 6. The molecular formula is C18H23N3O3. The summed E-state index contributed by atoms with van der Waals surface area (Å²) in [5.74, 6) is 2.72. The molecule has 0 bridgehead atoms. The highest BCUT2D eigenvalue weighted by Crippen LogP contribution is 2.40. The highest BCUT2D eigenvalue weighted by molar-refractivity contribution is 5.78. The highest BCUT2D eigenvalue weighted by Gasteiger charge is 2.28. The molecule has 4 rings (SSSR count). The molecule has 2 aromatic heterocycles. The number of hydrogen-bond donors (Lipinski definition) is 1. The Hall–Kier alpha value is -2.08. The molecule has 1 saturated carbocycles. The van der Waals surface area contributed by atoms with E-state index in [9.17, 15) is 4.79 Å². The molecule has 1 saturated heterocycles. The van der Waals surface area contributed by atoms with E-state index in [1.54, 1.807) is 6.26 Å². The molecule has 0 spiro atoms. The average Bonchev–Trinajstić information content (AvgIpc) is 3.13. The van der Waals surface area contributed by atoms with Crippen molar-refractivity contribution < 1.29 is 13.7 Å². The molecule has 1 aliphatic carbocycles. The van der Waals surface area contributed by atoms with Crippen molar-refractivity contribution in [1.82, 2.24) is 15.4 Å². The van der Waals surface area contributed by atoms with Crippen LogP contribution in [0.1, 0.15) is 48.8 Å². The Morgan fingerprint density at radius 3 is 2.83 bits per heavy atom. The normalized spacial score (nSPS) is 19.5. The number of likely N-dealkylation sites (tertiary alicyclic amines) is 1. The van der Waals surface area contributed by atoms with E-state index >= 15 is 0 Å². The van der Waals surface area contributed by atoms with Crippen LogP contribution in [0.25, 0.3) is 0 Å². The van der Waals surface area contributed by atoms with Crippen molar-refractivity contribution in [2.24, 2.45) is 5.92 Å². The van der Waals surface area contributed by atoms with Crippen molar-refractivity contribution in [2.45, 2.75) is 44.7 Å². The summed E-state index contributed by atoms with van der Waals surface area (Å²) in [6.07, 6.45) is 5.86. The van der Waals surface area contributed by atoms with Gasteiger partial charge in [0.2, 0.25) is 5.91 Å². The lowest BCUT2D eigenvalue weighted by atomic mass is 9.96. The lowest BCUT2D eigenvalue weighted by molar-refractivity contribution is -0.126.